The second kappa shape index (κ2) is 6.15. The van der Waals surface area contributed by atoms with Crippen LogP contribution in [0.1, 0.15) is 25.8 Å². The van der Waals surface area contributed by atoms with E-state index >= 15 is 0 Å². The molecule has 1 rings (SSSR count). The van der Waals surface area contributed by atoms with Crippen molar-refractivity contribution in [2.24, 2.45) is 11.8 Å². The van der Waals surface area contributed by atoms with E-state index in [1.54, 1.807) is 12.1 Å². The highest BCUT2D eigenvalue weighted by atomic mass is 79.9. The zero-order valence-electron chi connectivity index (χ0n) is 9.91. The molecule has 0 amide bonds. The molecule has 0 heterocycles. The zero-order valence-corrected chi connectivity index (χ0v) is 11.5. The van der Waals surface area contributed by atoms with Crippen LogP contribution in [-0.4, -0.2) is 11.1 Å². The molecule has 1 unspecified atom stereocenters. The number of halogens is 2. The van der Waals surface area contributed by atoms with Gasteiger partial charge >= 0.3 is 5.97 Å². The molecule has 0 aromatic heterocycles. The Morgan fingerprint density at radius 2 is 2.12 bits per heavy atom. The van der Waals surface area contributed by atoms with Gasteiger partial charge in [0.2, 0.25) is 0 Å². The molecule has 2 nitrogen and oxygen atoms in total. The first-order valence-corrected chi connectivity index (χ1v) is 6.36. The molecular weight excluding hydrogens is 287 g/mol. The average molecular weight is 303 g/mol. The van der Waals surface area contributed by atoms with Crippen molar-refractivity contribution in [2.45, 2.75) is 26.7 Å². The van der Waals surface area contributed by atoms with Gasteiger partial charge in [-0.1, -0.05) is 29.8 Å². The molecule has 0 fully saturated rings. The molecule has 0 radical (unpaired) electrons. The lowest BCUT2D eigenvalue weighted by Gasteiger charge is -2.15. The minimum atomic E-state index is -0.863. The van der Waals surface area contributed by atoms with Crippen LogP contribution in [0.15, 0.2) is 22.7 Å². The first-order valence-electron chi connectivity index (χ1n) is 5.57. The standard InChI is InChI=1S/C13H16BrFO2/c1-8(2)5-10(13(16)17)6-9-7-11(14)3-4-12(9)15/h3-4,7-8,10H,5-6H2,1-2H3,(H,16,17). The largest absolute Gasteiger partial charge is 0.481 e. The predicted molar refractivity (Wildman–Crippen MR) is 68.4 cm³/mol. The minimum absolute atomic E-state index is 0.235. The van der Waals surface area contributed by atoms with Crippen LogP contribution in [0, 0.1) is 17.7 Å². The van der Waals surface area contributed by atoms with Crippen LogP contribution < -0.4 is 0 Å². The van der Waals surface area contributed by atoms with Gasteiger partial charge in [-0.3, -0.25) is 4.79 Å². The molecule has 1 N–H and O–H groups in total. The Bertz CT molecular complexity index is 404. The molecule has 0 saturated carbocycles. The van der Waals surface area contributed by atoms with Crippen LogP contribution in [0.2, 0.25) is 0 Å². The van der Waals surface area contributed by atoms with E-state index in [9.17, 15) is 9.18 Å². The molecule has 1 aromatic carbocycles. The van der Waals surface area contributed by atoms with Crippen molar-refractivity contribution >= 4 is 21.9 Å². The lowest BCUT2D eigenvalue weighted by atomic mass is 9.91. The SMILES string of the molecule is CC(C)CC(Cc1cc(Br)ccc1F)C(=O)O. The molecule has 0 aliphatic carbocycles. The van der Waals surface area contributed by atoms with E-state index in [4.69, 9.17) is 5.11 Å². The lowest BCUT2D eigenvalue weighted by molar-refractivity contribution is -0.142. The maximum atomic E-state index is 13.5. The van der Waals surface area contributed by atoms with Crippen LogP contribution in [0.25, 0.3) is 0 Å². The summed E-state index contributed by atoms with van der Waals surface area (Å²) in [6, 6.07) is 4.61. The molecule has 0 spiro atoms. The van der Waals surface area contributed by atoms with Gasteiger partial charge in [0.1, 0.15) is 5.82 Å². The van der Waals surface area contributed by atoms with Gasteiger partial charge in [0, 0.05) is 4.47 Å². The van der Waals surface area contributed by atoms with Gasteiger partial charge in [-0.05, 0) is 42.5 Å². The maximum Gasteiger partial charge on any atom is 0.306 e. The number of carboxylic acids is 1. The third-order valence-electron chi connectivity index (χ3n) is 2.58. The topological polar surface area (TPSA) is 37.3 Å². The second-order valence-corrected chi connectivity index (χ2v) is 5.52. The smallest absolute Gasteiger partial charge is 0.306 e. The summed E-state index contributed by atoms with van der Waals surface area (Å²) in [7, 11) is 0. The summed E-state index contributed by atoms with van der Waals surface area (Å²) >= 11 is 3.26. The number of aliphatic carboxylic acids is 1. The Morgan fingerprint density at radius 3 is 2.65 bits per heavy atom. The number of carbonyl (C=O) groups is 1. The molecule has 17 heavy (non-hydrogen) atoms. The summed E-state index contributed by atoms with van der Waals surface area (Å²) in [5.41, 5.74) is 0.451. The van der Waals surface area contributed by atoms with Gasteiger partial charge in [-0.2, -0.15) is 0 Å². The zero-order chi connectivity index (χ0) is 13.0. The number of carboxylic acid groups (broad SMARTS) is 1. The number of hydrogen-bond donors (Lipinski definition) is 1. The quantitative estimate of drug-likeness (QED) is 0.896. The molecule has 0 bridgehead atoms. The van der Waals surface area contributed by atoms with Crippen LogP contribution in [0.5, 0.6) is 0 Å². The van der Waals surface area contributed by atoms with Crippen molar-refractivity contribution in [3.8, 4) is 0 Å². The Balaban J connectivity index is 2.85. The van der Waals surface area contributed by atoms with Crippen molar-refractivity contribution in [1.82, 2.24) is 0 Å². The Hall–Kier alpha value is -0.900. The molecule has 0 aliphatic rings. The van der Waals surface area contributed by atoms with Crippen LogP contribution >= 0.6 is 15.9 Å². The van der Waals surface area contributed by atoms with E-state index in [1.165, 1.54) is 6.07 Å². The molecule has 94 valence electrons. The molecule has 4 heteroatoms. The summed E-state index contributed by atoms with van der Waals surface area (Å²) < 4.78 is 14.3. The summed E-state index contributed by atoms with van der Waals surface area (Å²) in [4.78, 5) is 11.1. The van der Waals surface area contributed by atoms with Crippen LogP contribution in [-0.2, 0) is 11.2 Å². The highest BCUT2D eigenvalue weighted by molar-refractivity contribution is 9.10. The highest BCUT2D eigenvalue weighted by Gasteiger charge is 2.20. The third kappa shape index (κ3) is 4.46. The van der Waals surface area contributed by atoms with Crippen molar-refractivity contribution in [3.05, 3.63) is 34.1 Å². The Kier molecular flexibility index (Phi) is 5.12. The van der Waals surface area contributed by atoms with E-state index in [1.807, 2.05) is 13.8 Å². The van der Waals surface area contributed by atoms with Crippen molar-refractivity contribution in [3.63, 3.8) is 0 Å². The first-order chi connectivity index (χ1) is 7.90. The Labute approximate surface area is 109 Å². The summed E-state index contributed by atoms with van der Waals surface area (Å²) in [5.74, 6) is -1.45. The second-order valence-electron chi connectivity index (χ2n) is 4.60. The van der Waals surface area contributed by atoms with Gasteiger partial charge in [0.25, 0.3) is 0 Å². The molecule has 1 aromatic rings. The fraction of sp³-hybridized carbons (Fsp3) is 0.462. The van der Waals surface area contributed by atoms with Crippen LogP contribution in [0.3, 0.4) is 0 Å². The van der Waals surface area contributed by atoms with Crippen molar-refractivity contribution in [1.29, 1.82) is 0 Å². The molecule has 0 aliphatic heterocycles. The molecule has 0 saturated heterocycles. The Morgan fingerprint density at radius 1 is 1.47 bits per heavy atom. The maximum absolute atomic E-state index is 13.5. The van der Waals surface area contributed by atoms with Crippen molar-refractivity contribution in [2.75, 3.05) is 0 Å². The normalized spacial score (nSPS) is 12.8. The monoisotopic (exact) mass is 302 g/mol. The average Bonchev–Trinajstić information content (AvgIpc) is 2.21. The van der Waals surface area contributed by atoms with Gasteiger partial charge in [0.15, 0.2) is 0 Å². The fourth-order valence-electron chi connectivity index (χ4n) is 1.81. The van der Waals surface area contributed by atoms with Gasteiger partial charge in [-0.15, -0.1) is 0 Å². The van der Waals surface area contributed by atoms with Gasteiger partial charge in [0.05, 0.1) is 5.92 Å². The van der Waals surface area contributed by atoms with Crippen LogP contribution in [0.4, 0.5) is 4.39 Å². The predicted octanol–water partition coefficient (Wildman–Crippen LogP) is 3.88. The van der Waals surface area contributed by atoms with E-state index in [0.717, 1.165) is 4.47 Å². The highest BCUT2D eigenvalue weighted by Crippen LogP contribution is 2.22. The summed E-state index contributed by atoms with van der Waals surface area (Å²) in [5, 5.41) is 9.11. The third-order valence-corrected chi connectivity index (χ3v) is 3.07. The lowest BCUT2D eigenvalue weighted by Crippen LogP contribution is -2.19. The summed E-state index contributed by atoms with van der Waals surface area (Å²) in [6.07, 6.45) is 0.792. The first kappa shape index (κ1) is 14.2. The van der Waals surface area contributed by atoms with Crippen molar-refractivity contribution < 1.29 is 14.3 Å². The summed E-state index contributed by atoms with van der Waals surface area (Å²) in [6.45, 7) is 3.93. The van der Waals surface area contributed by atoms with E-state index in [0.29, 0.717) is 12.0 Å². The fourth-order valence-corrected chi connectivity index (χ4v) is 2.21. The van der Waals surface area contributed by atoms with E-state index < -0.39 is 11.9 Å². The van der Waals surface area contributed by atoms with Gasteiger partial charge in [-0.25, -0.2) is 4.39 Å². The van der Waals surface area contributed by atoms with E-state index in [2.05, 4.69) is 15.9 Å². The number of hydrogen-bond acceptors (Lipinski definition) is 1. The number of rotatable bonds is 5. The minimum Gasteiger partial charge on any atom is -0.481 e. The molecule has 1 atom stereocenters. The van der Waals surface area contributed by atoms with E-state index in [-0.39, 0.29) is 18.2 Å². The van der Waals surface area contributed by atoms with Gasteiger partial charge < -0.3 is 5.11 Å². The molecular formula is C13H16BrFO2. The number of benzene rings is 1.